The van der Waals surface area contributed by atoms with Crippen molar-refractivity contribution in [1.29, 1.82) is 0 Å². The fourth-order valence-electron chi connectivity index (χ4n) is 6.05. The van der Waals surface area contributed by atoms with Crippen molar-refractivity contribution in [2.24, 2.45) is 11.3 Å². The molecule has 0 amide bonds. The summed E-state index contributed by atoms with van der Waals surface area (Å²) in [5.41, 5.74) is 4.49. The minimum Gasteiger partial charge on any atom is -0.495 e. The number of ether oxygens (including phenoxy) is 4. The Morgan fingerprint density at radius 2 is 1.58 bits per heavy atom. The first-order valence-corrected chi connectivity index (χ1v) is 15.3. The minimum atomic E-state index is -0.140. The van der Waals surface area contributed by atoms with Gasteiger partial charge in [-0.15, -0.1) is 0 Å². The summed E-state index contributed by atoms with van der Waals surface area (Å²) in [6.07, 6.45) is 22.5. The number of allylic oxidation sites excluding steroid dienone is 9. The molecule has 38 heavy (non-hydrogen) atoms. The molecule has 0 bridgehead atoms. The zero-order chi connectivity index (χ0) is 27.2. The summed E-state index contributed by atoms with van der Waals surface area (Å²) in [4.78, 5) is 0. The summed E-state index contributed by atoms with van der Waals surface area (Å²) < 4.78 is 24.3. The molecule has 1 fully saturated rings. The minimum absolute atomic E-state index is 0.0496. The van der Waals surface area contributed by atoms with Gasteiger partial charge < -0.3 is 18.9 Å². The zero-order valence-corrected chi connectivity index (χ0v) is 24.9. The Morgan fingerprint density at radius 3 is 2.08 bits per heavy atom. The van der Waals surface area contributed by atoms with Gasteiger partial charge in [0.25, 0.3) is 0 Å². The van der Waals surface area contributed by atoms with E-state index in [-0.39, 0.29) is 11.0 Å². The second-order valence-electron chi connectivity index (χ2n) is 12.5. The summed E-state index contributed by atoms with van der Waals surface area (Å²) in [7, 11) is 0. The van der Waals surface area contributed by atoms with Gasteiger partial charge in [-0.05, 0) is 63.0 Å². The van der Waals surface area contributed by atoms with Gasteiger partial charge in [0.2, 0.25) is 0 Å². The molecular formula is C34H52O4. The van der Waals surface area contributed by atoms with Crippen LogP contribution in [0.5, 0.6) is 0 Å². The van der Waals surface area contributed by atoms with Crippen LogP contribution in [0.1, 0.15) is 106 Å². The van der Waals surface area contributed by atoms with E-state index in [0.29, 0.717) is 24.7 Å². The van der Waals surface area contributed by atoms with Crippen molar-refractivity contribution in [3.63, 3.8) is 0 Å². The average Bonchev–Trinajstić information content (AvgIpc) is 3.77. The van der Waals surface area contributed by atoms with Gasteiger partial charge in [0, 0.05) is 24.7 Å². The predicted molar refractivity (Wildman–Crippen MR) is 156 cm³/mol. The van der Waals surface area contributed by atoms with E-state index < -0.39 is 0 Å². The molecule has 1 saturated heterocycles. The van der Waals surface area contributed by atoms with E-state index in [9.17, 15) is 0 Å². The average molecular weight is 525 g/mol. The van der Waals surface area contributed by atoms with E-state index in [0.717, 1.165) is 82.5 Å². The molecule has 0 aromatic carbocycles. The third kappa shape index (κ3) is 7.66. The molecule has 212 valence electrons. The van der Waals surface area contributed by atoms with Crippen LogP contribution in [-0.2, 0) is 18.9 Å². The van der Waals surface area contributed by atoms with E-state index in [1.807, 2.05) is 0 Å². The van der Waals surface area contributed by atoms with E-state index in [4.69, 9.17) is 18.9 Å². The van der Waals surface area contributed by atoms with Gasteiger partial charge in [0.15, 0.2) is 0 Å². The lowest BCUT2D eigenvalue weighted by molar-refractivity contribution is -0.0501. The Labute approximate surface area is 232 Å². The van der Waals surface area contributed by atoms with Crippen molar-refractivity contribution in [3.05, 3.63) is 58.6 Å². The molecule has 0 aromatic heterocycles. The van der Waals surface area contributed by atoms with E-state index in [1.54, 1.807) is 5.57 Å². The molecule has 0 saturated carbocycles. The summed E-state index contributed by atoms with van der Waals surface area (Å²) in [6, 6.07) is 0. The van der Waals surface area contributed by atoms with Crippen LogP contribution in [0, 0.1) is 11.3 Å². The number of hydrogen-bond donors (Lipinski definition) is 0. The first-order valence-electron chi connectivity index (χ1n) is 15.3. The lowest BCUT2D eigenvalue weighted by Gasteiger charge is -2.37. The van der Waals surface area contributed by atoms with Crippen LogP contribution in [0.2, 0.25) is 0 Å². The summed E-state index contributed by atoms with van der Waals surface area (Å²) in [6.45, 7) is 16.2. The molecule has 2 unspecified atom stereocenters. The predicted octanol–water partition coefficient (Wildman–Crippen LogP) is 8.75. The molecule has 3 aliphatic carbocycles. The lowest BCUT2D eigenvalue weighted by Crippen LogP contribution is -2.34. The van der Waals surface area contributed by atoms with Crippen molar-refractivity contribution in [2.45, 2.75) is 124 Å². The molecule has 1 aliphatic heterocycles. The van der Waals surface area contributed by atoms with Crippen molar-refractivity contribution in [1.82, 2.24) is 0 Å². The third-order valence-corrected chi connectivity index (χ3v) is 9.37. The fraction of sp³-hybridized carbons (Fsp3) is 0.706. The highest BCUT2D eigenvalue weighted by Crippen LogP contribution is 2.44. The topological polar surface area (TPSA) is 40.2 Å². The normalized spacial score (nSPS) is 24.2. The van der Waals surface area contributed by atoms with Crippen molar-refractivity contribution in [3.8, 4) is 0 Å². The van der Waals surface area contributed by atoms with Gasteiger partial charge in [-0.2, -0.15) is 0 Å². The first kappa shape index (κ1) is 29.2. The first-order chi connectivity index (χ1) is 18.2. The van der Waals surface area contributed by atoms with Crippen LogP contribution in [0.4, 0.5) is 0 Å². The van der Waals surface area contributed by atoms with Crippen LogP contribution in [-0.4, -0.2) is 37.6 Å². The molecule has 0 aromatic rings. The van der Waals surface area contributed by atoms with Gasteiger partial charge >= 0.3 is 0 Å². The molecule has 4 nitrogen and oxygen atoms in total. The number of hydrogen-bond acceptors (Lipinski definition) is 4. The largest absolute Gasteiger partial charge is 0.495 e. The third-order valence-electron chi connectivity index (χ3n) is 9.37. The summed E-state index contributed by atoms with van der Waals surface area (Å²) in [5, 5.41) is 0. The fourth-order valence-corrected chi connectivity index (χ4v) is 6.05. The molecular weight excluding hydrogens is 472 g/mol. The maximum absolute atomic E-state index is 6.76. The quantitative estimate of drug-likeness (QED) is 0.168. The molecule has 1 heterocycles. The van der Waals surface area contributed by atoms with Crippen molar-refractivity contribution in [2.75, 3.05) is 19.8 Å². The summed E-state index contributed by atoms with van der Waals surface area (Å²) >= 11 is 0. The van der Waals surface area contributed by atoms with E-state index >= 15 is 0 Å². The van der Waals surface area contributed by atoms with Crippen LogP contribution < -0.4 is 0 Å². The van der Waals surface area contributed by atoms with Crippen LogP contribution >= 0.6 is 0 Å². The van der Waals surface area contributed by atoms with Crippen LogP contribution in [0.3, 0.4) is 0 Å². The van der Waals surface area contributed by atoms with Crippen LogP contribution in [0.15, 0.2) is 58.6 Å². The van der Waals surface area contributed by atoms with E-state index in [1.165, 1.54) is 17.6 Å². The Hall–Kier alpha value is -1.78. The molecule has 0 radical (unpaired) electrons. The van der Waals surface area contributed by atoms with Gasteiger partial charge in [-0.1, -0.05) is 76.5 Å². The SMILES string of the molecule is CCC(CC)(CCOC1CC=C(C(C)C)CC1)OC1=CC=C(C(C)(C)C2=CC=C(OCC3CO3)CC2)CC1. The molecule has 4 heteroatoms. The monoisotopic (exact) mass is 524 g/mol. The Morgan fingerprint density at radius 1 is 0.921 bits per heavy atom. The standard InChI is InChI=1S/C34H52O4/c1-7-34(8-2,21-22-35-29-15-9-26(10-16-29)25(3)4)38-31-19-13-28(14-20-31)33(5,6)27-11-17-30(18-12-27)36-23-32-24-37-32/h9,11,13,17,19,25,29,32H,7-8,10,12,14-16,18,20-24H2,1-6H3. The maximum atomic E-state index is 6.76. The van der Waals surface area contributed by atoms with E-state index in [2.05, 4.69) is 71.9 Å². The lowest BCUT2D eigenvalue weighted by atomic mass is 9.71. The van der Waals surface area contributed by atoms with Gasteiger partial charge in [0.05, 0.1) is 30.8 Å². The Kier molecular flexibility index (Phi) is 10.0. The smallest absolute Gasteiger partial charge is 0.116 e. The highest BCUT2D eigenvalue weighted by molar-refractivity contribution is 5.37. The number of rotatable bonds is 14. The van der Waals surface area contributed by atoms with Crippen LogP contribution in [0.25, 0.3) is 0 Å². The molecule has 0 spiro atoms. The molecule has 4 rings (SSSR count). The van der Waals surface area contributed by atoms with Gasteiger partial charge in [0.1, 0.15) is 18.3 Å². The molecule has 0 N–H and O–H groups in total. The Balaban J connectivity index is 1.31. The zero-order valence-electron chi connectivity index (χ0n) is 24.9. The molecule has 4 aliphatic rings. The van der Waals surface area contributed by atoms with Gasteiger partial charge in [-0.25, -0.2) is 0 Å². The summed E-state index contributed by atoms with van der Waals surface area (Å²) in [5.74, 6) is 2.89. The Bertz CT molecular complexity index is 953. The number of epoxide rings is 1. The van der Waals surface area contributed by atoms with Crippen molar-refractivity contribution < 1.29 is 18.9 Å². The maximum Gasteiger partial charge on any atom is 0.116 e. The second-order valence-corrected chi connectivity index (χ2v) is 12.5. The van der Waals surface area contributed by atoms with Gasteiger partial charge in [-0.3, -0.25) is 0 Å². The van der Waals surface area contributed by atoms with Crippen molar-refractivity contribution >= 4 is 0 Å². The molecule has 2 atom stereocenters. The highest BCUT2D eigenvalue weighted by Gasteiger charge is 2.33. The highest BCUT2D eigenvalue weighted by atomic mass is 16.6. The second kappa shape index (κ2) is 13.0.